The average Bonchev–Trinajstić information content (AvgIpc) is 3.07. The fourth-order valence-corrected chi connectivity index (χ4v) is 3.33. The second-order valence-electron chi connectivity index (χ2n) is 5.62. The van der Waals surface area contributed by atoms with E-state index in [-0.39, 0.29) is 0 Å². The molecule has 1 aromatic carbocycles. The molecule has 1 aliphatic heterocycles. The van der Waals surface area contributed by atoms with Crippen LogP contribution < -0.4 is 5.73 Å². The summed E-state index contributed by atoms with van der Waals surface area (Å²) >= 11 is 6.13. The number of hydrogen-bond acceptors (Lipinski definition) is 2. The minimum absolute atomic E-state index is 0.581. The molecule has 1 aliphatic rings. The zero-order valence-corrected chi connectivity index (χ0v) is 12.6. The van der Waals surface area contributed by atoms with Gasteiger partial charge in [-0.25, -0.2) is 0 Å². The van der Waals surface area contributed by atoms with Gasteiger partial charge in [-0.2, -0.15) is 0 Å². The molecule has 0 amide bonds. The minimum atomic E-state index is 0.581. The van der Waals surface area contributed by atoms with Crippen molar-refractivity contribution in [3.63, 3.8) is 0 Å². The molecule has 0 atom stereocenters. The van der Waals surface area contributed by atoms with E-state index in [2.05, 4.69) is 21.7 Å². The van der Waals surface area contributed by atoms with Gasteiger partial charge in [0.15, 0.2) is 0 Å². The number of benzene rings is 1. The number of nitrogens with zero attached hydrogens (tertiary/aromatic N) is 2. The van der Waals surface area contributed by atoms with Crippen molar-refractivity contribution >= 4 is 22.5 Å². The van der Waals surface area contributed by atoms with Crippen molar-refractivity contribution in [2.24, 2.45) is 5.73 Å². The van der Waals surface area contributed by atoms with Crippen molar-refractivity contribution in [3.05, 3.63) is 35.0 Å². The van der Waals surface area contributed by atoms with Gasteiger partial charge in [0.25, 0.3) is 0 Å². The molecule has 3 rings (SSSR count). The van der Waals surface area contributed by atoms with Gasteiger partial charge in [-0.1, -0.05) is 17.7 Å². The van der Waals surface area contributed by atoms with Crippen molar-refractivity contribution in [1.29, 1.82) is 0 Å². The third kappa shape index (κ3) is 2.85. The van der Waals surface area contributed by atoms with Crippen molar-refractivity contribution in [3.8, 4) is 0 Å². The number of rotatable bonds is 5. The Balaban J connectivity index is 1.74. The largest absolute Gasteiger partial charge is 0.347 e. The number of aryl methyl sites for hydroxylation is 1. The highest BCUT2D eigenvalue weighted by Crippen LogP contribution is 2.25. The number of halogens is 1. The Labute approximate surface area is 125 Å². The van der Waals surface area contributed by atoms with Crippen LogP contribution in [0.1, 0.15) is 24.8 Å². The highest BCUT2D eigenvalue weighted by atomic mass is 35.5. The number of likely N-dealkylation sites (tertiary alicyclic amines) is 1. The molecule has 0 saturated carbocycles. The van der Waals surface area contributed by atoms with Crippen LogP contribution in [0.5, 0.6) is 0 Å². The van der Waals surface area contributed by atoms with Crippen molar-refractivity contribution in [1.82, 2.24) is 9.47 Å². The molecule has 2 aromatic rings. The topological polar surface area (TPSA) is 34.2 Å². The van der Waals surface area contributed by atoms with E-state index in [1.54, 1.807) is 0 Å². The summed E-state index contributed by atoms with van der Waals surface area (Å²) in [5.74, 6) is 0. The fraction of sp³-hybridized carbons (Fsp3) is 0.500. The highest BCUT2D eigenvalue weighted by Gasteiger charge is 2.12. The summed E-state index contributed by atoms with van der Waals surface area (Å²) in [4.78, 5) is 2.56. The van der Waals surface area contributed by atoms with E-state index in [1.807, 2.05) is 12.1 Å². The van der Waals surface area contributed by atoms with Gasteiger partial charge in [0.2, 0.25) is 0 Å². The normalized spacial score (nSPS) is 16.3. The SMILES string of the molecule is NCc1cn(CCCN2CCCC2)c2cc(Cl)ccc12. The van der Waals surface area contributed by atoms with E-state index in [4.69, 9.17) is 17.3 Å². The first-order valence-electron chi connectivity index (χ1n) is 7.47. The Morgan fingerprint density at radius 3 is 2.70 bits per heavy atom. The van der Waals surface area contributed by atoms with Crippen LogP contribution in [0.25, 0.3) is 10.9 Å². The lowest BCUT2D eigenvalue weighted by molar-refractivity contribution is 0.326. The molecular weight excluding hydrogens is 270 g/mol. The molecule has 0 bridgehead atoms. The van der Waals surface area contributed by atoms with Crippen LogP contribution in [0.3, 0.4) is 0 Å². The lowest BCUT2D eigenvalue weighted by atomic mass is 10.2. The summed E-state index contributed by atoms with van der Waals surface area (Å²) in [6.45, 7) is 5.35. The van der Waals surface area contributed by atoms with Crippen LogP contribution in [0.4, 0.5) is 0 Å². The molecule has 1 saturated heterocycles. The lowest BCUT2D eigenvalue weighted by Crippen LogP contribution is -2.21. The quantitative estimate of drug-likeness (QED) is 0.918. The standard InChI is InChI=1S/C16H22ClN3/c17-14-4-5-15-13(11-18)12-20(16(15)10-14)9-3-8-19-6-1-2-7-19/h4-5,10,12H,1-3,6-9,11,18H2. The first-order chi connectivity index (χ1) is 9.78. The van der Waals surface area contributed by atoms with E-state index in [0.29, 0.717) is 6.54 Å². The second-order valence-corrected chi connectivity index (χ2v) is 6.05. The van der Waals surface area contributed by atoms with Crippen LogP contribution in [0.2, 0.25) is 5.02 Å². The van der Waals surface area contributed by atoms with Gasteiger partial charge >= 0.3 is 0 Å². The molecule has 4 heteroatoms. The minimum Gasteiger partial charge on any atom is -0.347 e. The molecule has 0 unspecified atom stereocenters. The summed E-state index contributed by atoms with van der Waals surface area (Å²) in [6, 6.07) is 6.07. The smallest absolute Gasteiger partial charge is 0.0498 e. The Morgan fingerprint density at radius 2 is 1.95 bits per heavy atom. The maximum atomic E-state index is 6.13. The third-order valence-corrected chi connectivity index (χ3v) is 4.45. The summed E-state index contributed by atoms with van der Waals surface area (Å²) < 4.78 is 2.31. The Morgan fingerprint density at radius 1 is 1.15 bits per heavy atom. The summed E-state index contributed by atoms with van der Waals surface area (Å²) in [5.41, 5.74) is 8.26. The first kappa shape index (κ1) is 13.9. The van der Waals surface area contributed by atoms with Crippen LogP contribution >= 0.6 is 11.6 Å². The monoisotopic (exact) mass is 291 g/mol. The molecule has 20 heavy (non-hydrogen) atoms. The molecule has 0 aliphatic carbocycles. The van der Waals surface area contributed by atoms with Crippen molar-refractivity contribution in [2.45, 2.75) is 32.4 Å². The van der Waals surface area contributed by atoms with Crippen molar-refractivity contribution in [2.75, 3.05) is 19.6 Å². The van der Waals surface area contributed by atoms with Gasteiger partial charge in [-0.15, -0.1) is 0 Å². The molecule has 1 fully saturated rings. The second kappa shape index (κ2) is 6.17. The molecule has 2 heterocycles. The van der Waals surface area contributed by atoms with Crippen LogP contribution in [-0.2, 0) is 13.1 Å². The van der Waals surface area contributed by atoms with Gasteiger partial charge in [0, 0.05) is 35.2 Å². The maximum absolute atomic E-state index is 6.13. The lowest BCUT2D eigenvalue weighted by Gasteiger charge is -2.14. The maximum Gasteiger partial charge on any atom is 0.0498 e. The molecule has 108 valence electrons. The molecular formula is C16H22ClN3. The molecule has 2 N–H and O–H groups in total. The Kier molecular flexibility index (Phi) is 4.29. The zero-order valence-electron chi connectivity index (χ0n) is 11.8. The average molecular weight is 292 g/mol. The van der Waals surface area contributed by atoms with Crippen molar-refractivity contribution < 1.29 is 0 Å². The highest BCUT2D eigenvalue weighted by molar-refractivity contribution is 6.31. The summed E-state index contributed by atoms with van der Waals surface area (Å²) in [6.07, 6.45) is 6.09. The van der Waals surface area contributed by atoms with Crippen LogP contribution in [0.15, 0.2) is 24.4 Å². The van der Waals surface area contributed by atoms with E-state index in [0.717, 1.165) is 11.6 Å². The number of hydrogen-bond donors (Lipinski definition) is 1. The van der Waals surface area contributed by atoms with Gasteiger partial charge < -0.3 is 15.2 Å². The fourth-order valence-electron chi connectivity index (χ4n) is 3.16. The number of fused-ring (bicyclic) bond motifs is 1. The summed E-state index contributed by atoms with van der Waals surface area (Å²) in [5, 5.41) is 2.03. The van der Waals surface area contributed by atoms with Gasteiger partial charge in [0.1, 0.15) is 0 Å². The van der Waals surface area contributed by atoms with E-state index >= 15 is 0 Å². The third-order valence-electron chi connectivity index (χ3n) is 4.22. The first-order valence-corrected chi connectivity index (χ1v) is 7.85. The van der Waals surface area contributed by atoms with Gasteiger partial charge in [-0.05, 0) is 56.6 Å². The van der Waals surface area contributed by atoms with Crippen LogP contribution in [0, 0.1) is 0 Å². The Hall–Kier alpha value is -1.03. The molecule has 3 nitrogen and oxygen atoms in total. The van der Waals surface area contributed by atoms with Gasteiger partial charge in [0.05, 0.1) is 0 Å². The van der Waals surface area contributed by atoms with Gasteiger partial charge in [-0.3, -0.25) is 0 Å². The van der Waals surface area contributed by atoms with E-state index < -0.39 is 0 Å². The van der Waals surface area contributed by atoms with E-state index in [1.165, 1.54) is 55.4 Å². The number of aromatic nitrogens is 1. The summed E-state index contributed by atoms with van der Waals surface area (Å²) in [7, 11) is 0. The molecule has 0 spiro atoms. The molecule has 1 aromatic heterocycles. The predicted octanol–water partition coefficient (Wildman–Crippen LogP) is 3.24. The number of nitrogens with two attached hydrogens (primary N) is 1. The van der Waals surface area contributed by atoms with E-state index in [9.17, 15) is 0 Å². The Bertz CT molecular complexity index is 585. The zero-order chi connectivity index (χ0) is 13.9. The molecule has 0 radical (unpaired) electrons. The predicted molar refractivity (Wildman–Crippen MR) is 85.1 cm³/mol. The van der Waals surface area contributed by atoms with Crippen LogP contribution in [-0.4, -0.2) is 29.1 Å².